The molecule has 2 aromatic carbocycles. The average Bonchev–Trinajstić information content (AvgIpc) is 2.99. The summed E-state index contributed by atoms with van der Waals surface area (Å²) in [5.74, 6) is 1.33. The van der Waals surface area contributed by atoms with Crippen molar-refractivity contribution in [2.45, 2.75) is 12.8 Å². The van der Waals surface area contributed by atoms with Gasteiger partial charge in [0.15, 0.2) is 11.4 Å². The molecule has 0 atom stereocenters. The number of aryl methyl sites for hydroxylation is 1. The summed E-state index contributed by atoms with van der Waals surface area (Å²) in [6.07, 6.45) is 6.26. The number of imidazole rings is 1. The van der Waals surface area contributed by atoms with Gasteiger partial charge in [0, 0.05) is 22.7 Å². The molecule has 3 nitrogen and oxygen atoms in total. The third-order valence-corrected chi connectivity index (χ3v) is 5.04. The van der Waals surface area contributed by atoms with Crippen LogP contribution < -0.4 is 4.57 Å². The van der Waals surface area contributed by atoms with Gasteiger partial charge >= 0.3 is 0 Å². The van der Waals surface area contributed by atoms with E-state index in [0.29, 0.717) is 0 Å². The van der Waals surface area contributed by atoms with E-state index in [1.54, 1.807) is 0 Å². The molecule has 0 aliphatic carbocycles. The van der Waals surface area contributed by atoms with E-state index in [1.807, 2.05) is 12.3 Å². The number of pyridine rings is 1. The number of nitrogens with zero attached hydrogens (tertiary/aromatic N) is 3. The second-order valence-electron chi connectivity index (χ2n) is 6.37. The van der Waals surface area contributed by atoms with Crippen LogP contribution in [-0.2, 0) is 19.9 Å². The molecular formula is C21H18N3+. The average molecular weight is 312 g/mol. The van der Waals surface area contributed by atoms with Crippen LogP contribution in [0.4, 0.5) is 0 Å². The SMILES string of the molecule is Cn1c(-c2ccccc2)c[n+]2c1CCc1ccc3cccnc3c1-2. The Bertz CT molecular complexity index is 1060. The van der Waals surface area contributed by atoms with Crippen molar-refractivity contribution in [3.05, 3.63) is 78.4 Å². The largest absolute Gasteiger partial charge is 0.262 e. The monoisotopic (exact) mass is 312 g/mol. The Morgan fingerprint density at radius 1 is 0.958 bits per heavy atom. The summed E-state index contributed by atoms with van der Waals surface area (Å²) in [7, 11) is 2.16. The number of benzene rings is 2. The lowest BCUT2D eigenvalue weighted by Gasteiger charge is -2.15. The Labute approximate surface area is 140 Å². The molecule has 1 aliphatic heterocycles. The first-order chi connectivity index (χ1) is 11.8. The van der Waals surface area contributed by atoms with Gasteiger partial charge in [-0.3, -0.25) is 4.98 Å². The van der Waals surface area contributed by atoms with Gasteiger partial charge in [-0.15, -0.1) is 0 Å². The molecule has 24 heavy (non-hydrogen) atoms. The van der Waals surface area contributed by atoms with Gasteiger partial charge < -0.3 is 0 Å². The summed E-state index contributed by atoms with van der Waals surface area (Å²) >= 11 is 0. The standard InChI is InChI=1S/C21H18N3/c1-23-18(15-6-3-2-4-7-15)14-24-19(23)12-11-17-10-9-16-8-5-13-22-20(16)21(17)24/h2-10,13-14H,11-12H2,1H3/q+1. The van der Waals surface area contributed by atoms with Gasteiger partial charge in [-0.1, -0.05) is 48.5 Å². The van der Waals surface area contributed by atoms with Crippen molar-refractivity contribution in [2.75, 3.05) is 0 Å². The minimum atomic E-state index is 1.05. The van der Waals surface area contributed by atoms with E-state index in [1.165, 1.54) is 33.7 Å². The zero-order chi connectivity index (χ0) is 16.1. The molecular weight excluding hydrogens is 294 g/mol. The van der Waals surface area contributed by atoms with Crippen LogP contribution in [0.25, 0.3) is 27.8 Å². The van der Waals surface area contributed by atoms with Crippen molar-refractivity contribution in [1.82, 2.24) is 9.55 Å². The smallest absolute Gasteiger partial charge is 0.252 e. The predicted octanol–water partition coefficient (Wildman–Crippen LogP) is 3.62. The molecule has 1 aliphatic rings. The molecule has 0 bridgehead atoms. The quantitative estimate of drug-likeness (QED) is 0.492. The van der Waals surface area contributed by atoms with E-state index in [-0.39, 0.29) is 0 Å². The first kappa shape index (κ1) is 13.5. The zero-order valence-corrected chi connectivity index (χ0v) is 13.6. The molecule has 0 unspecified atom stereocenters. The highest BCUT2D eigenvalue weighted by Gasteiger charge is 2.30. The van der Waals surface area contributed by atoms with E-state index < -0.39 is 0 Å². The summed E-state index contributed by atoms with van der Waals surface area (Å²) in [6.45, 7) is 0. The Kier molecular flexibility index (Phi) is 2.83. The maximum absolute atomic E-state index is 4.67. The normalized spacial score (nSPS) is 12.9. The van der Waals surface area contributed by atoms with Gasteiger partial charge in [0.25, 0.3) is 5.82 Å². The van der Waals surface area contributed by atoms with Crippen LogP contribution >= 0.6 is 0 Å². The molecule has 0 saturated heterocycles. The van der Waals surface area contributed by atoms with Gasteiger partial charge in [-0.05, 0) is 12.5 Å². The van der Waals surface area contributed by atoms with Crippen LogP contribution in [-0.4, -0.2) is 9.55 Å². The van der Waals surface area contributed by atoms with Gasteiger partial charge in [-0.2, -0.15) is 4.57 Å². The number of hydrogen-bond acceptors (Lipinski definition) is 1. The molecule has 0 radical (unpaired) electrons. The number of aromatic nitrogens is 3. The molecule has 0 N–H and O–H groups in total. The van der Waals surface area contributed by atoms with Crippen molar-refractivity contribution in [3.8, 4) is 16.9 Å². The Morgan fingerprint density at radius 3 is 2.71 bits per heavy atom. The highest BCUT2D eigenvalue weighted by atomic mass is 15.2. The molecule has 116 valence electrons. The van der Waals surface area contributed by atoms with Gasteiger partial charge in [-0.25, -0.2) is 4.57 Å². The van der Waals surface area contributed by atoms with Crippen LogP contribution in [0, 0.1) is 0 Å². The van der Waals surface area contributed by atoms with Gasteiger partial charge in [0.05, 0.1) is 13.5 Å². The topological polar surface area (TPSA) is 21.7 Å². The second-order valence-corrected chi connectivity index (χ2v) is 6.37. The van der Waals surface area contributed by atoms with Crippen molar-refractivity contribution in [2.24, 2.45) is 7.05 Å². The third kappa shape index (κ3) is 1.84. The molecule has 2 aromatic heterocycles. The Morgan fingerprint density at radius 2 is 1.83 bits per heavy atom. The summed E-state index contributed by atoms with van der Waals surface area (Å²) < 4.78 is 4.66. The molecule has 0 amide bonds. The molecule has 3 heteroatoms. The molecule has 0 fully saturated rings. The summed E-state index contributed by atoms with van der Waals surface area (Å²) in [5, 5.41) is 1.20. The fourth-order valence-electron chi connectivity index (χ4n) is 3.83. The maximum Gasteiger partial charge on any atom is 0.262 e. The van der Waals surface area contributed by atoms with Gasteiger partial charge in [0.2, 0.25) is 0 Å². The maximum atomic E-state index is 4.67. The Hall–Kier alpha value is -2.94. The molecule has 3 heterocycles. The van der Waals surface area contributed by atoms with Crippen LogP contribution in [0.5, 0.6) is 0 Å². The van der Waals surface area contributed by atoms with Gasteiger partial charge in [0.1, 0.15) is 11.7 Å². The number of rotatable bonds is 1. The summed E-state index contributed by atoms with van der Waals surface area (Å²) in [4.78, 5) is 4.67. The minimum Gasteiger partial charge on any atom is -0.252 e. The van der Waals surface area contributed by atoms with Crippen molar-refractivity contribution in [1.29, 1.82) is 0 Å². The predicted molar refractivity (Wildman–Crippen MR) is 95.1 cm³/mol. The molecule has 5 rings (SSSR count). The van der Waals surface area contributed by atoms with E-state index in [4.69, 9.17) is 0 Å². The fourth-order valence-corrected chi connectivity index (χ4v) is 3.83. The fraction of sp³-hybridized carbons (Fsp3) is 0.143. The van der Waals surface area contributed by atoms with Crippen molar-refractivity contribution < 1.29 is 4.57 Å². The Balaban J connectivity index is 1.82. The van der Waals surface area contributed by atoms with Crippen molar-refractivity contribution in [3.63, 3.8) is 0 Å². The third-order valence-electron chi connectivity index (χ3n) is 5.04. The minimum absolute atomic E-state index is 1.05. The molecule has 0 saturated carbocycles. The van der Waals surface area contributed by atoms with Crippen LogP contribution in [0.1, 0.15) is 11.4 Å². The highest BCUT2D eigenvalue weighted by molar-refractivity contribution is 5.86. The first-order valence-corrected chi connectivity index (χ1v) is 8.35. The first-order valence-electron chi connectivity index (χ1n) is 8.35. The van der Waals surface area contributed by atoms with E-state index >= 15 is 0 Å². The summed E-state index contributed by atoms with van der Waals surface area (Å²) in [5.41, 5.74) is 6.20. The second kappa shape index (κ2) is 5.03. The molecule has 4 aromatic rings. The van der Waals surface area contributed by atoms with Crippen LogP contribution in [0.15, 0.2) is 67.0 Å². The van der Waals surface area contributed by atoms with Crippen LogP contribution in [0.2, 0.25) is 0 Å². The van der Waals surface area contributed by atoms with E-state index in [2.05, 4.69) is 75.9 Å². The lowest BCUT2D eigenvalue weighted by atomic mass is 10.0. The lowest BCUT2D eigenvalue weighted by Crippen LogP contribution is -2.39. The zero-order valence-electron chi connectivity index (χ0n) is 13.6. The van der Waals surface area contributed by atoms with Crippen LogP contribution in [0.3, 0.4) is 0 Å². The number of fused-ring (bicyclic) bond motifs is 5. The highest BCUT2D eigenvalue weighted by Crippen LogP contribution is 2.28. The van der Waals surface area contributed by atoms with E-state index in [0.717, 1.165) is 18.4 Å². The molecule has 0 spiro atoms. The summed E-state index contributed by atoms with van der Waals surface area (Å²) in [6, 6.07) is 19.2. The lowest BCUT2D eigenvalue weighted by molar-refractivity contribution is -0.605. The van der Waals surface area contributed by atoms with Crippen molar-refractivity contribution >= 4 is 10.9 Å². The number of hydrogen-bond donors (Lipinski definition) is 0. The van der Waals surface area contributed by atoms with E-state index in [9.17, 15) is 0 Å².